The van der Waals surface area contributed by atoms with Gasteiger partial charge >= 0.3 is 0 Å². The topological polar surface area (TPSA) is 101 Å². The van der Waals surface area contributed by atoms with Crippen LogP contribution in [0, 0.1) is 5.41 Å². The van der Waals surface area contributed by atoms with Crippen molar-refractivity contribution >= 4 is 12.9 Å². The predicted octanol–water partition coefficient (Wildman–Crippen LogP) is 3.11. The summed E-state index contributed by atoms with van der Waals surface area (Å²) < 4.78 is 0. The van der Waals surface area contributed by atoms with Crippen LogP contribution in [0.2, 0.25) is 0 Å². The molecule has 0 unspecified atom stereocenters. The van der Waals surface area contributed by atoms with Gasteiger partial charge in [0.1, 0.15) is 0 Å². The van der Waals surface area contributed by atoms with Gasteiger partial charge in [0.05, 0.1) is 6.61 Å². The van der Waals surface area contributed by atoms with Crippen molar-refractivity contribution < 1.29 is 24.9 Å². The predicted molar refractivity (Wildman–Crippen MR) is 128 cm³/mol. The Bertz CT molecular complexity index is 855. The molecule has 33 heavy (non-hydrogen) atoms. The Hall–Kier alpha value is -2.74. The lowest BCUT2D eigenvalue weighted by atomic mass is 9.70. The van der Waals surface area contributed by atoms with E-state index in [1.54, 1.807) is 0 Å². The van der Waals surface area contributed by atoms with Gasteiger partial charge in [-0.3, -0.25) is 14.5 Å². The number of benzene rings is 2. The minimum Gasteiger partial charge on any atom is -0.483 e. The van der Waals surface area contributed by atoms with E-state index in [0.717, 1.165) is 25.9 Å². The van der Waals surface area contributed by atoms with E-state index < -0.39 is 0 Å². The molecular formula is C26H36N2O5. The molecule has 0 aromatic heterocycles. The smallest absolute Gasteiger partial charge is 0.290 e. The van der Waals surface area contributed by atoms with Crippen LogP contribution in [-0.2, 0) is 29.1 Å². The number of aliphatic hydroxyl groups is 1. The van der Waals surface area contributed by atoms with E-state index in [2.05, 4.69) is 78.5 Å². The summed E-state index contributed by atoms with van der Waals surface area (Å²) in [6, 6.07) is 20.8. The highest BCUT2D eigenvalue weighted by molar-refractivity contribution is 5.33. The largest absolute Gasteiger partial charge is 0.483 e. The van der Waals surface area contributed by atoms with Crippen molar-refractivity contribution in [1.82, 2.24) is 9.80 Å². The van der Waals surface area contributed by atoms with Crippen LogP contribution in [0.15, 0.2) is 54.6 Å². The Balaban J connectivity index is 0.000000582. The van der Waals surface area contributed by atoms with Gasteiger partial charge in [-0.2, -0.15) is 0 Å². The van der Waals surface area contributed by atoms with Crippen molar-refractivity contribution in [3.05, 3.63) is 71.3 Å². The molecule has 2 aromatic rings. The molecule has 4 rings (SSSR count). The van der Waals surface area contributed by atoms with Crippen molar-refractivity contribution in [3.63, 3.8) is 0 Å². The van der Waals surface area contributed by atoms with Crippen LogP contribution < -0.4 is 0 Å². The van der Waals surface area contributed by atoms with E-state index in [1.165, 1.54) is 29.5 Å². The molecule has 7 nitrogen and oxygen atoms in total. The van der Waals surface area contributed by atoms with Gasteiger partial charge in [0.25, 0.3) is 12.9 Å². The molecule has 0 aliphatic carbocycles. The first-order valence-electron chi connectivity index (χ1n) is 11.2. The van der Waals surface area contributed by atoms with E-state index >= 15 is 0 Å². The molecule has 0 radical (unpaired) electrons. The van der Waals surface area contributed by atoms with Crippen LogP contribution in [0.5, 0.6) is 0 Å². The summed E-state index contributed by atoms with van der Waals surface area (Å²) >= 11 is 0. The lowest BCUT2D eigenvalue weighted by Crippen LogP contribution is -2.41. The third kappa shape index (κ3) is 7.12. The zero-order chi connectivity index (χ0) is 24.3. The average Bonchev–Trinajstić information content (AvgIpc) is 3.30. The van der Waals surface area contributed by atoms with Crippen LogP contribution >= 0.6 is 0 Å². The number of fused-ring (bicyclic) bond motifs is 2. The second-order valence-electron chi connectivity index (χ2n) is 9.07. The van der Waals surface area contributed by atoms with E-state index in [-0.39, 0.29) is 18.4 Å². The van der Waals surface area contributed by atoms with Crippen LogP contribution in [0.3, 0.4) is 0 Å². The monoisotopic (exact) mass is 456 g/mol. The molecular weight excluding hydrogens is 420 g/mol. The normalized spacial score (nSPS) is 23.3. The van der Waals surface area contributed by atoms with E-state index in [0.29, 0.717) is 18.7 Å². The Morgan fingerprint density at radius 1 is 0.970 bits per heavy atom. The highest BCUT2D eigenvalue weighted by Crippen LogP contribution is 2.51. The average molecular weight is 457 g/mol. The second kappa shape index (κ2) is 13.1. The van der Waals surface area contributed by atoms with E-state index in [1.807, 2.05) is 0 Å². The number of nitrogens with zero attached hydrogens (tertiary/aromatic N) is 2. The van der Waals surface area contributed by atoms with E-state index in [9.17, 15) is 5.11 Å². The number of carbonyl (C=O) groups is 2. The van der Waals surface area contributed by atoms with Crippen LogP contribution in [0.4, 0.5) is 0 Å². The van der Waals surface area contributed by atoms with Gasteiger partial charge in [-0.15, -0.1) is 0 Å². The summed E-state index contributed by atoms with van der Waals surface area (Å²) in [4.78, 5) is 21.6. The van der Waals surface area contributed by atoms with Crippen molar-refractivity contribution in [3.8, 4) is 0 Å². The zero-order valence-electron chi connectivity index (χ0n) is 19.5. The number of hydrogen-bond acceptors (Lipinski definition) is 5. The molecule has 2 aliphatic rings. The lowest BCUT2D eigenvalue weighted by Gasteiger charge is -2.36. The molecule has 2 heterocycles. The standard InChI is InChI=1S/C24H32N2O.2CH2O2/c1-25(2)16-20-9-6-10-21(13-20)17-26-22-11-12-23(26)24(15-22,18-27)14-19-7-4-3-5-8-19;2*2-1-3/h3-10,13,22-23,27H,11-12,14-18H2,1-2H3;2*1H,(H,2,3)/t22-,23+,24-;;/m0../s1. The highest BCUT2D eigenvalue weighted by atomic mass is 16.3. The van der Waals surface area contributed by atoms with Gasteiger partial charge in [-0.25, -0.2) is 0 Å². The van der Waals surface area contributed by atoms with Crippen molar-refractivity contribution in [2.45, 2.75) is 50.9 Å². The van der Waals surface area contributed by atoms with Crippen LogP contribution in [-0.4, -0.2) is 70.8 Å². The summed E-state index contributed by atoms with van der Waals surface area (Å²) in [5.41, 5.74) is 4.15. The Kier molecular flexibility index (Phi) is 10.5. The number of hydrogen-bond donors (Lipinski definition) is 3. The molecule has 0 spiro atoms. The fraction of sp³-hybridized carbons (Fsp3) is 0.462. The molecule has 3 N–H and O–H groups in total. The maximum Gasteiger partial charge on any atom is 0.290 e. The van der Waals surface area contributed by atoms with Crippen LogP contribution in [0.1, 0.15) is 36.0 Å². The molecule has 2 bridgehead atoms. The first-order valence-corrected chi connectivity index (χ1v) is 11.2. The summed E-state index contributed by atoms with van der Waals surface area (Å²) in [6.07, 6.45) is 4.61. The fourth-order valence-corrected chi connectivity index (χ4v) is 5.48. The van der Waals surface area contributed by atoms with Crippen molar-refractivity contribution in [1.29, 1.82) is 0 Å². The third-order valence-electron chi connectivity index (χ3n) is 6.56. The summed E-state index contributed by atoms with van der Waals surface area (Å²) in [7, 11) is 4.24. The van der Waals surface area contributed by atoms with Gasteiger partial charge < -0.3 is 20.2 Å². The minimum atomic E-state index is -0.250. The Labute approximate surface area is 196 Å². The van der Waals surface area contributed by atoms with Crippen LogP contribution in [0.25, 0.3) is 0 Å². The van der Waals surface area contributed by atoms with Gasteiger partial charge in [0, 0.05) is 30.6 Å². The van der Waals surface area contributed by atoms with Crippen molar-refractivity contribution in [2.24, 2.45) is 5.41 Å². The quantitative estimate of drug-likeness (QED) is 0.550. The number of rotatable bonds is 7. The summed E-state index contributed by atoms with van der Waals surface area (Å²) in [5.74, 6) is 0. The molecule has 2 aliphatic heterocycles. The van der Waals surface area contributed by atoms with Gasteiger partial charge in [-0.1, -0.05) is 54.6 Å². The molecule has 180 valence electrons. The van der Waals surface area contributed by atoms with E-state index in [4.69, 9.17) is 19.8 Å². The molecule has 2 fully saturated rings. The SMILES string of the molecule is CN(C)Cc1cccc(CN2[C@H]3CC[C@@H]2[C@@](CO)(Cc2ccccc2)C3)c1.O=CO.O=CO. The Morgan fingerprint density at radius 3 is 2.18 bits per heavy atom. The third-order valence-corrected chi connectivity index (χ3v) is 6.56. The maximum absolute atomic E-state index is 10.4. The second-order valence-corrected chi connectivity index (χ2v) is 9.07. The molecule has 0 saturated carbocycles. The number of carboxylic acid groups (broad SMARTS) is 2. The van der Waals surface area contributed by atoms with Gasteiger partial charge in [0.15, 0.2) is 0 Å². The molecule has 0 amide bonds. The summed E-state index contributed by atoms with van der Waals surface area (Å²) in [6.45, 7) is 1.78. The highest BCUT2D eigenvalue weighted by Gasteiger charge is 2.55. The lowest BCUT2D eigenvalue weighted by molar-refractivity contribution is -0.123. The first-order chi connectivity index (χ1) is 15.9. The van der Waals surface area contributed by atoms with Gasteiger partial charge in [-0.05, 0) is 56.5 Å². The first kappa shape index (κ1) is 26.5. The Morgan fingerprint density at radius 2 is 1.58 bits per heavy atom. The summed E-state index contributed by atoms with van der Waals surface area (Å²) in [5, 5.41) is 24.2. The number of aliphatic hydroxyl groups excluding tert-OH is 1. The molecule has 2 aromatic carbocycles. The molecule has 3 atom stereocenters. The maximum atomic E-state index is 10.4. The van der Waals surface area contributed by atoms with Crippen molar-refractivity contribution in [2.75, 3.05) is 20.7 Å². The zero-order valence-corrected chi connectivity index (χ0v) is 19.5. The molecule has 2 saturated heterocycles. The molecule has 7 heteroatoms. The van der Waals surface area contributed by atoms with Gasteiger partial charge in [0.2, 0.25) is 0 Å². The minimum absolute atomic E-state index is 0.0194. The fourth-order valence-electron chi connectivity index (χ4n) is 5.48.